The zero-order valence-corrected chi connectivity index (χ0v) is 34.0. The molecule has 6 unspecified atom stereocenters. The molecule has 0 radical (unpaired) electrons. The van der Waals surface area contributed by atoms with Crippen LogP contribution in [0.1, 0.15) is 42.4 Å². The first-order valence-corrected chi connectivity index (χ1v) is 20.6. The highest BCUT2D eigenvalue weighted by Crippen LogP contribution is 2.65. The Labute approximate surface area is 357 Å². The lowest BCUT2D eigenvalue weighted by atomic mass is 9.49. The van der Waals surface area contributed by atoms with E-state index in [2.05, 4.69) is 15.3 Å². The molecule has 3 aliphatic heterocycles. The summed E-state index contributed by atoms with van der Waals surface area (Å²) in [7, 11) is 0. The Kier molecular flexibility index (Phi) is 10.3. The van der Waals surface area contributed by atoms with Crippen molar-refractivity contribution in [3.63, 3.8) is 0 Å². The summed E-state index contributed by atoms with van der Waals surface area (Å²) in [5.41, 5.74) is 2.10. The summed E-state index contributed by atoms with van der Waals surface area (Å²) >= 11 is 12.7. The van der Waals surface area contributed by atoms with Crippen molar-refractivity contribution in [1.29, 1.82) is 0 Å². The fourth-order valence-corrected chi connectivity index (χ4v) is 10.4. The predicted octanol–water partition coefficient (Wildman–Crippen LogP) is 7.54. The highest BCUT2D eigenvalue weighted by molar-refractivity contribution is 6.33. The maximum absolute atomic E-state index is 15.5. The molecule has 0 bridgehead atoms. The van der Waals surface area contributed by atoms with E-state index in [-0.39, 0.29) is 42.3 Å². The van der Waals surface area contributed by atoms with Crippen LogP contribution in [0.15, 0.2) is 90.6 Å². The van der Waals surface area contributed by atoms with Crippen molar-refractivity contribution < 1.29 is 46.9 Å². The van der Waals surface area contributed by atoms with Crippen molar-refractivity contribution in [2.24, 2.45) is 23.7 Å². The number of halogens is 5. The number of phenols is 1. The van der Waals surface area contributed by atoms with Crippen LogP contribution in [-0.2, 0) is 35.5 Å². The van der Waals surface area contributed by atoms with E-state index < -0.39 is 75.4 Å². The molecule has 4 amide bonds. The van der Waals surface area contributed by atoms with Gasteiger partial charge in [-0.2, -0.15) is 18.2 Å². The monoisotopic (exact) mass is 875 g/mol. The third-order valence-electron chi connectivity index (χ3n) is 12.7. The number of allylic oxidation sites excluding steroid dienone is 2. The van der Waals surface area contributed by atoms with E-state index in [0.717, 1.165) is 5.69 Å². The number of anilines is 3. The number of carbonyl (C=O) groups excluding carboxylic acids is 4. The van der Waals surface area contributed by atoms with Gasteiger partial charge < -0.3 is 19.5 Å². The largest absolute Gasteiger partial charge is 0.504 e. The van der Waals surface area contributed by atoms with E-state index in [0.29, 0.717) is 65.4 Å². The smallest absolute Gasteiger partial charge is 0.417 e. The molecular weight excluding hydrogens is 838 g/mol. The van der Waals surface area contributed by atoms with Gasteiger partial charge in [-0.15, -0.1) is 0 Å². The number of para-hydroxylation sites is 1. The summed E-state index contributed by atoms with van der Waals surface area (Å²) < 4.78 is 52.0. The number of carbonyl (C=O) groups is 4. The molecular formula is C44H38Cl2F3N5O7. The minimum atomic E-state index is -4.77. The van der Waals surface area contributed by atoms with Gasteiger partial charge in [0.2, 0.25) is 11.8 Å². The highest BCUT2D eigenvalue weighted by Gasteiger charge is 2.71. The third kappa shape index (κ3) is 6.51. The second-order valence-corrected chi connectivity index (χ2v) is 16.5. The first kappa shape index (κ1) is 40.7. The minimum Gasteiger partial charge on any atom is -0.504 e. The predicted molar refractivity (Wildman–Crippen MR) is 218 cm³/mol. The summed E-state index contributed by atoms with van der Waals surface area (Å²) in [6.45, 7) is 4.50. The number of hydrogen-bond acceptors (Lipinski definition) is 10. The molecule has 61 heavy (non-hydrogen) atoms. The van der Waals surface area contributed by atoms with Crippen LogP contribution >= 0.6 is 23.2 Å². The number of morpholine rings is 1. The lowest BCUT2D eigenvalue weighted by molar-refractivity contribution is -0.139. The van der Waals surface area contributed by atoms with Crippen LogP contribution in [0.2, 0.25) is 10.0 Å². The first-order chi connectivity index (χ1) is 29.2. The Hall–Kier alpha value is -5.64. The van der Waals surface area contributed by atoms with Crippen molar-refractivity contribution in [2.45, 2.75) is 37.3 Å². The number of aromatic hydroxyl groups is 1. The van der Waals surface area contributed by atoms with Crippen molar-refractivity contribution in [1.82, 2.24) is 9.99 Å². The SMILES string of the molecule is CCOc1cccc(C2C3=CCC4C(=O)N(c5ccc(N6CCOCC6)cc5)C(=O)C4C3CC3C(=O)N(Nc4ncc(C(F)(F)F)cc4Cl)C(=O)C32c2ccc(Cl)cc2)c1O. The van der Waals surface area contributed by atoms with Gasteiger partial charge >= 0.3 is 6.18 Å². The summed E-state index contributed by atoms with van der Waals surface area (Å²) in [6, 6.07) is 19.0. The quantitative estimate of drug-likeness (QED) is 0.135. The van der Waals surface area contributed by atoms with Crippen LogP contribution in [0.3, 0.4) is 0 Å². The van der Waals surface area contributed by atoms with Gasteiger partial charge in [0, 0.05) is 41.5 Å². The molecule has 9 rings (SSSR count). The number of hydrogen-bond donors (Lipinski definition) is 2. The molecule has 3 aromatic carbocycles. The number of pyridine rings is 1. The molecule has 1 saturated carbocycles. The Morgan fingerprint density at radius 3 is 2.31 bits per heavy atom. The van der Waals surface area contributed by atoms with E-state index >= 15 is 9.59 Å². The van der Waals surface area contributed by atoms with Crippen LogP contribution in [0.4, 0.5) is 30.4 Å². The number of rotatable bonds is 8. The van der Waals surface area contributed by atoms with Gasteiger partial charge in [0.05, 0.1) is 59.3 Å². The van der Waals surface area contributed by atoms with E-state index in [1.807, 2.05) is 18.2 Å². The lowest BCUT2D eigenvalue weighted by Crippen LogP contribution is -2.53. The van der Waals surface area contributed by atoms with Crippen molar-refractivity contribution >= 4 is 64.0 Å². The van der Waals surface area contributed by atoms with Gasteiger partial charge in [0.15, 0.2) is 17.3 Å². The number of nitrogens with zero attached hydrogens (tertiary/aromatic N) is 4. The molecule has 2 N–H and O–H groups in total. The van der Waals surface area contributed by atoms with E-state index in [1.54, 1.807) is 61.5 Å². The van der Waals surface area contributed by atoms with E-state index in [1.165, 1.54) is 4.90 Å². The van der Waals surface area contributed by atoms with Gasteiger partial charge in [-0.3, -0.25) is 29.5 Å². The van der Waals surface area contributed by atoms with Crippen molar-refractivity contribution in [3.8, 4) is 11.5 Å². The third-order valence-corrected chi connectivity index (χ3v) is 13.2. The first-order valence-electron chi connectivity index (χ1n) is 19.8. The standard InChI is InChI=1S/C44H38Cl2F3N5O7/c1-2-61-34-5-3-4-30(37(34)55)36-28-14-15-29-35(41(58)53(39(29)56)27-12-10-26(11-13-27)52-16-18-60-19-17-52)31(28)21-32-40(57)54(42(59)43(32,36)23-6-8-25(45)9-7-23)51-38-33(46)20-24(22-50-38)44(47,48)49/h3-14,20,22,29,31-32,35-36,55H,2,15-19,21H2,1H3,(H,50,51). The molecule has 2 aliphatic carbocycles. The second kappa shape index (κ2) is 15.4. The molecule has 316 valence electrons. The molecule has 0 spiro atoms. The number of fused-ring (bicyclic) bond motifs is 4. The Morgan fingerprint density at radius 2 is 1.64 bits per heavy atom. The molecule has 6 atom stereocenters. The molecule has 12 nitrogen and oxygen atoms in total. The number of ether oxygens (including phenoxy) is 2. The molecule has 17 heteroatoms. The summed E-state index contributed by atoms with van der Waals surface area (Å²) in [5, 5.41) is 12.5. The van der Waals surface area contributed by atoms with Crippen LogP contribution in [-0.4, -0.2) is 71.6 Å². The molecule has 5 aliphatic rings. The Balaban J connectivity index is 1.18. The minimum absolute atomic E-state index is 0.0855. The summed E-state index contributed by atoms with van der Waals surface area (Å²) in [5.74, 6) is -7.90. The topological polar surface area (TPSA) is 142 Å². The van der Waals surface area contributed by atoms with Crippen molar-refractivity contribution in [3.05, 3.63) is 117 Å². The van der Waals surface area contributed by atoms with Crippen molar-refractivity contribution in [2.75, 3.05) is 48.1 Å². The van der Waals surface area contributed by atoms with Crippen LogP contribution < -0.4 is 20.0 Å². The van der Waals surface area contributed by atoms with Crippen LogP contribution in [0.5, 0.6) is 11.5 Å². The number of phenolic OH excluding ortho intramolecular Hbond substituents is 1. The second-order valence-electron chi connectivity index (χ2n) is 15.7. The molecule has 1 aromatic heterocycles. The van der Waals surface area contributed by atoms with Gasteiger partial charge in [0.1, 0.15) is 0 Å². The van der Waals surface area contributed by atoms with Crippen LogP contribution in [0, 0.1) is 23.7 Å². The lowest BCUT2D eigenvalue weighted by Gasteiger charge is -2.50. The van der Waals surface area contributed by atoms with Gasteiger partial charge in [0.25, 0.3) is 11.8 Å². The van der Waals surface area contributed by atoms with E-state index in [4.69, 9.17) is 32.7 Å². The van der Waals surface area contributed by atoms with Gasteiger partial charge in [-0.25, -0.2) is 4.98 Å². The maximum atomic E-state index is 15.5. The zero-order valence-electron chi connectivity index (χ0n) is 32.5. The Morgan fingerprint density at radius 1 is 0.934 bits per heavy atom. The average molecular weight is 877 g/mol. The molecule has 4 fully saturated rings. The summed E-state index contributed by atoms with van der Waals surface area (Å²) in [6.07, 6.45) is -2.35. The number of benzene rings is 3. The number of hydrazine groups is 1. The molecule has 3 saturated heterocycles. The fourth-order valence-electron chi connectivity index (χ4n) is 10.1. The number of imide groups is 2. The number of nitrogens with one attached hydrogen (secondary N) is 1. The zero-order chi connectivity index (χ0) is 43.0. The Bertz CT molecular complexity index is 2480. The normalized spacial score (nSPS) is 26.2. The van der Waals surface area contributed by atoms with E-state index in [9.17, 15) is 27.9 Å². The number of amides is 4. The highest BCUT2D eigenvalue weighted by atomic mass is 35.5. The number of aromatic nitrogens is 1. The maximum Gasteiger partial charge on any atom is 0.417 e. The van der Waals surface area contributed by atoms with Gasteiger partial charge in [-0.1, -0.05) is 59.1 Å². The summed E-state index contributed by atoms with van der Waals surface area (Å²) in [4.78, 5) is 66.8. The fraction of sp³-hybridized carbons (Fsp3) is 0.341. The van der Waals surface area contributed by atoms with Gasteiger partial charge in [-0.05, 0) is 79.8 Å². The molecule has 4 aromatic rings. The van der Waals surface area contributed by atoms with Crippen LogP contribution in [0.25, 0.3) is 0 Å². The molecule has 4 heterocycles. The number of alkyl halides is 3. The average Bonchev–Trinajstić information content (AvgIpc) is 3.63.